The van der Waals surface area contributed by atoms with Gasteiger partial charge in [0.2, 0.25) is 0 Å². The van der Waals surface area contributed by atoms with Gasteiger partial charge in [0.05, 0.1) is 6.20 Å². The number of hydrogen-bond donors (Lipinski definition) is 1. The molecule has 1 aliphatic rings. The summed E-state index contributed by atoms with van der Waals surface area (Å²) in [6, 6.07) is 0. The van der Waals surface area contributed by atoms with Crippen LogP contribution >= 0.6 is 22.6 Å². The topological polar surface area (TPSA) is 46.0 Å². The Morgan fingerprint density at radius 2 is 2.27 bits per heavy atom. The van der Waals surface area contributed by atoms with E-state index < -0.39 is 0 Å². The van der Waals surface area contributed by atoms with Gasteiger partial charge in [-0.1, -0.05) is 0 Å². The van der Waals surface area contributed by atoms with E-state index in [-0.39, 0.29) is 5.75 Å². The highest BCUT2D eigenvalue weighted by molar-refractivity contribution is 14.1. The summed E-state index contributed by atoms with van der Waals surface area (Å²) < 4.78 is 0.652. The van der Waals surface area contributed by atoms with Gasteiger partial charge in [0.15, 0.2) is 5.75 Å². The van der Waals surface area contributed by atoms with Crippen LogP contribution in [0.2, 0.25) is 0 Å². The largest absolute Gasteiger partial charge is 0.504 e. The minimum absolute atomic E-state index is 0.176. The predicted octanol–water partition coefficient (Wildman–Crippen LogP) is 1.66. The Labute approximate surface area is 78.0 Å². The van der Waals surface area contributed by atoms with Gasteiger partial charge in [0, 0.05) is 5.92 Å². The molecule has 0 unspecified atom stereocenters. The van der Waals surface area contributed by atoms with Gasteiger partial charge in [0.1, 0.15) is 9.53 Å². The smallest absolute Gasteiger partial charge is 0.166 e. The summed E-state index contributed by atoms with van der Waals surface area (Å²) in [7, 11) is 0. The van der Waals surface area contributed by atoms with Crippen LogP contribution in [-0.2, 0) is 0 Å². The standard InChI is InChI=1S/C7H7IN2O/c8-6-5(11)3-9-7(10-6)4-1-2-4/h3-4,11H,1-2H2. The van der Waals surface area contributed by atoms with Crippen molar-refractivity contribution in [1.82, 2.24) is 9.97 Å². The highest BCUT2D eigenvalue weighted by atomic mass is 127. The van der Waals surface area contributed by atoms with Crippen molar-refractivity contribution in [1.29, 1.82) is 0 Å². The van der Waals surface area contributed by atoms with Crippen LogP contribution in [0, 0.1) is 3.70 Å². The Balaban J connectivity index is 2.36. The van der Waals surface area contributed by atoms with E-state index in [9.17, 15) is 0 Å². The van der Waals surface area contributed by atoms with Crippen molar-refractivity contribution in [2.75, 3.05) is 0 Å². The van der Waals surface area contributed by atoms with E-state index in [4.69, 9.17) is 5.11 Å². The molecule has 1 saturated carbocycles. The molecule has 0 saturated heterocycles. The van der Waals surface area contributed by atoms with Crippen molar-refractivity contribution in [3.8, 4) is 5.75 Å². The average Bonchev–Trinajstić information content (AvgIpc) is 2.77. The van der Waals surface area contributed by atoms with E-state index in [1.165, 1.54) is 19.0 Å². The number of halogens is 1. The first-order valence-corrected chi connectivity index (χ1v) is 4.56. The van der Waals surface area contributed by atoms with E-state index in [0.717, 1.165) is 5.82 Å². The molecule has 0 aromatic carbocycles. The lowest BCUT2D eigenvalue weighted by atomic mass is 10.4. The third-order valence-corrected chi connectivity index (χ3v) is 2.48. The second-order valence-electron chi connectivity index (χ2n) is 2.68. The molecule has 0 spiro atoms. The molecule has 3 nitrogen and oxygen atoms in total. The zero-order valence-corrected chi connectivity index (χ0v) is 7.95. The maximum Gasteiger partial charge on any atom is 0.166 e. The lowest BCUT2D eigenvalue weighted by Crippen LogP contribution is -1.93. The molecular weight excluding hydrogens is 255 g/mol. The van der Waals surface area contributed by atoms with Gasteiger partial charge >= 0.3 is 0 Å². The molecule has 1 fully saturated rings. The Kier molecular flexibility index (Phi) is 1.71. The molecule has 0 radical (unpaired) electrons. The molecule has 1 aromatic rings. The minimum atomic E-state index is 0.176. The summed E-state index contributed by atoms with van der Waals surface area (Å²) >= 11 is 2.01. The fourth-order valence-corrected chi connectivity index (χ4v) is 1.29. The third kappa shape index (κ3) is 1.45. The van der Waals surface area contributed by atoms with Gasteiger partial charge in [-0.2, -0.15) is 0 Å². The lowest BCUT2D eigenvalue weighted by molar-refractivity contribution is 0.463. The van der Waals surface area contributed by atoms with Gasteiger partial charge in [-0.15, -0.1) is 0 Å². The quantitative estimate of drug-likeness (QED) is 0.618. The highest BCUT2D eigenvalue weighted by Gasteiger charge is 2.26. The minimum Gasteiger partial charge on any atom is -0.504 e. The second-order valence-corrected chi connectivity index (χ2v) is 3.70. The van der Waals surface area contributed by atoms with Gasteiger partial charge < -0.3 is 5.11 Å². The molecule has 0 bridgehead atoms. The zero-order valence-electron chi connectivity index (χ0n) is 5.79. The van der Waals surface area contributed by atoms with Gasteiger partial charge in [0.25, 0.3) is 0 Å². The van der Waals surface area contributed by atoms with Crippen molar-refractivity contribution in [2.45, 2.75) is 18.8 Å². The number of aromatic hydroxyl groups is 1. The molecular formula is C7H7IN2O. The molecule has 58 valence electrons. The summed E-state index contributed by atoms with van der Waals surface area (Å²) in [5.41, 5.74) is 0. The highest BCUT2D eigenvalue weighted by Crippen LogP contribution is 2.38. The molecule has 2 rings (SSSR count). The number of aromatic nitrogens is 2. The molecule has 1 aromatic heterocycles. The van der Waals surface area contributed by atoms with Gasteiger partial charge in [-0.05, 0) is 35.4 Å². The zero-order chi connectivity index (χ0) is 7.84. The normalized spacial score (nSPS) is 16.8. The number of hydrogen-bond acceptors (Lipinski definition) is 3. The van der Waals surface area contributed by atoms with Crippen molar-refractivity contribution < 1.29 is 5.11 Å². The van der Waals surface area contributed by atoms with Crippen LogP contribution in [0.5, 0.6) is 5.75 Å². The molecule has 0 amide bonds. The van der Waals surface area contributed by atoms with Gasteiger partial charge in [-0.25, -0.2) is 9.97 Å². The Morgan fingerprint density at radius 3 is 2.82 bits per heavy atom. The van der Waals surface area contributed by atoms with Crippen molar-refractivity contribution in [2.24, 2.45) is 0 Å². The number of nitrogens with zero attached hydrogens (tertiary/aromatic N) is 2. The van der Waals surface area contributed by atoms with E-state index in [1.54, 1.807) is 0 Å². The fourth-order valence-electron chi connectivity index (χ4n) is 0.905. The van der Waals surface area contributed by atoms with Crippen LogP contribution in [0.4, 0.5) is 0 Å². The second kappa shape index (κ2) is 2.58. The van der Waals surface area contributed by atoms with Crippen molar-refractivity contribution in [3.05, 3.63) is 15.7 Å². The monoisotopic (exact) mass is 262 g/mol. The van der Waals surface area contributed by atoms with Crippen LogP contribution in [0.1, 0.15) is 24.6 Å². The number of rotatable bonds is 1. The van der Waals surface area contributed by atoms with Crippen LogP contribution in [-0.4, -0.2) is 15.1 Å². The fraction of sp³-hybridized carbons (Fsp3) is 0.429. The Bertz CT molecular complexity index is 286. The summed E-state index contributed by atoms with van der Waals surface area (Å²) in [6.07, 6.45) is 3.87. The summed E-state index contributed by atoms with van der Waals surface area (Å²) in [6.45, 7) is 0. The summed E-state index contributed by atoms with van der Waals surface area (Å²) in [4.78, 5) is 8.20. The van der Waals surface area contributed by atoms with Crippen LogP contribution < -0.4 is 0 Å². The first-order valence-electron chi connectivity index (χ1n) is 3.49. The van der Waals surface area contributed by atoms with Gasteiger partial charge in [-0.3, -0.25) is 0 Å². The lowest BCUT2D eigenvalue weighted by Gasteiger charge is -1.97. The molecule has 1 heterocycles. The third-order valence-electron chi connectivity index (χ3n) is 1.69. The van der Waals surface area contributed by atoms with Crippen molar-refractivity contribution in [3.63, 3.8) is 0 Å². The average molecular weight is 262 g/mol. The summed E-state index contributed by atoms with van der Waals surface area (Å²) in [5, 5.41) is 9.11. The SMILES string of the molecule is Oc1cnc(C2CC2)nc1I. The van der Waals surface area contributed by atoms with Crippen LogP contribution in [0.15, 0.2) is 6.20 Å². The van der Waals surface area contributed by atoms with Crippen LogP contribution in [0.25, 0.3) is 0 Å². The first kappa shape index (κ1) is 7.27. The molecule has 0 atom stereocenters. The predicted molar refractivity (Wildman–Crippen MR) is 48.4 cm³/mol. The van der Waals surface area contributed by atoms with E-state index in [0.29, 0.717) is 9.62 Å². The van der Waals surface area contributed by atoms with E-state index >= 15 is 0 Å². The Hall–Kier alpha value is -0.390. The summed E-state index contributed by atoms with van der Waals surface area (Å²) in [5.74, 6) is 1.62. The molecule has 1 N–H and O–H groups in total. The molecule has 1 aliphatic carbocycles. The Morgan fingerprint density at radius 1 is 1.55 bits per heavy atom. The van der Waals surface area contributed by atoms with Crippen LogP contribution in [0.3, 0.4) is 0 Å². The van der Waals surface area contributed by atoms with Crippen molar-refractivity contribution >= 4 is 22.6 Å². The maximum absolute atomic E-state index is 9.11. The van der Waals surface area contributed by atoms with E-state index in [1.807, 2.05) is 22.6 Å². The molecule has 0 aliphatic heterocycles. The van der Waals surface area contributed by atoms with E-state index in [2.05, 4.69) is 9.97 Å². The maximum atomic E-state index is 9.11. The molecule has 11 heavy (non-hydrogen) atoms. The first-order chi connectivity index (χ1) is 5.27. The molecule has 4 heteroatoms.